The number of rotatable bonds is 6. The topological polar surface area (TPSA) is 59.1 Å². The van der Waals surface area contributed by atoms with Crippen LogP contribution in [0.3, 0.4) is 0 Å². The van der Waals surface area contributed by atoms with Gasteiger partial charge in [0.05, 0.1) is 13.1 Å². The van der Waals surface area contributed by atoms with E-state index in [2.05, 4.69) is 50.9 Å². The number of carbonyl (C=O) groups is 2. The Morgan fingerprint density at radius 2 is 1.35 bits per heavy atom. The van der Waals surface area contributed by atoms with Crippen LogP contribution in [-0.4, -0.2) is 92.0 Å². The number of likely N-dealkylation sites (tertiary alicyclic amines) is 1. The standard InChI is InChI=1S/C27H43N5O2/c1-22-17-23(2)19-32(18-22)27(34)21-30-15-13-29(14-16-30)20-26(33)28-24-7-9-25(10-8-24)31-11-5-3-4-6-12-31/h7-10,22-23H,3-6,11-21H2,1-2H3,(H,28,33)/t22-,23+. The number of anilines is 2. The van der Waals surface area contributed by atoms with Gasteiger partial charge < -0.3 is 15.1 Å². The second-order valence-electron chi connectivity index (χ2n) is 10.8. The third-order valence-corrected chi connectivity index (χ3v) is 7.53. The van der Waals surface area contributed by atoms with Crippen molar-refractivity contribution in [1.82, 2.24) is 14.7 Å². The third-order valence-electron chi connectivity index (χ3n) is 7.53. The highest BCUT2D eigenvalue weighted by Crippen LogP contribution is 2.22. The van der Waals surface area contributed by atoms with Crippen LogP contribution < -0.4 is 10.2 Å². The van der Waals surface area contributed by atoms with Crippen LogP contribution in [0.5, 0.6) is 0 Å². The maximum Gasteiger partial charge on any atom is 0.238 e. The highest BCUT2D eigenvalue weighted by Gasteiger charge is 2.27. The molecule has 3 aliphatic rings. The number of piperidine rings is 1. The van der Waals surface area contributed by atoms with E-state index in [-0.39, 0.29) is 11.8 Å². The summed E-state index contributed by atoms with van der Waals surface area (Å²) in [5.74, 6) is 1.47. The van der Waals surface area contributed by atoms with Crippen molar-refractivity contribution in [2.45, 2.75) is 46.0 Å². The molecule has 4 rings (SSSR count). The summed E-state index contributed by atoms with van der Waals surface area (Å²) in [6.07, 6.45) is 6.39. The molecule has 0 bridgehead atoms. The summed E-state index contributed by atoms with van der Waals surface area (Å²) < 4.78 is 0. The molecule has 3 saturated heterocycles. The van der Waals surface area contributed by atoms with E-state index in [0.29, 0.717) is 24.9 Å². The maximum atomic E-state index is 12.8. The lowest BCUT2D eigenvalue weighted by Gasteiger charge is -2.38. The molecule has 0 unspecified atom stereocenters. The Kier molecular flexibility index (Phi) is 8.84. The molecule has 188 valence electrons. The molecule has 3 heterocycles. The molecule has 3 fully saturated rings. The van der Waals surface area contributed by atoms with Gasteiger partial charge in [-0.3, -0.25) is 19.4 Å². The summed E-state index contributed by atoms with van der Waals surface area (Å²) >= 11 is 0. The average molecular weight is 470 g/mol. The van der Waals surface area contributed by atoms with Crippen LogP contribution in [-0.2, 0) is 9.59 Å². The SMILES string of the molecule is C[C@@H]1C[C@H](C)CN(C(=O)CN2CCN(CC(=O)Nc3ccc(N4CCCCCC4)cc3)CC2)C1. The lowest BCUT2D eigenvalue weighted by molar-refractivity contribution is -0.135. The first-order chi connectivity index (χ1) is 16.5. The zero-order valence-electron chi connectivity index (χ0n) is 21.2. The maximum absolute atomic E-state index is 12.8. The smallest absolute Gasteiger partial charge is 0.238 e. The van der Waals surface area contributed by atoms with E-state index >= 15 is 0 Å². The Morgan fingerprint density at radius 1 is 0.794 bits per heavy atom. The van der Waals surface area contributed by atoms with Crippen LogP contribution in [0.1, 0.15) is 46.0 Å². The van der Waals surface area contributed by atoms with Gasteiger partial charge in [-0.1, -0.05) is 26.7 Å². The van der Waals surface area contributed by atoms with Gasteiger partial charge in [0.25, 0.3) is 0 Å². The van der Waals surface area contributed by atoms with Crippen LogP contribution in [0, 0.1) is 11.8 Å². The molecule has 0 aromatic heterocycles. The first-order valence-electron chi connectivity index (χ1n) is 13.3. The van der Waals surface area contributed by atoms with Crippen molar-refractivity contribution in [2.75, 3.05) is 75.7 Å². The Hall–Kier alpha value is -2.12. The molecule has 0 radical (unpaired) electrons. The number of nitrogens with zero attached hydrogens (tertiary/aromatic N) is 4. The largest absolute Gasteiger partial charge is 0.372 e. The van der Waals surface area contributed by atoms with E-state index in [1.54, 1.807) is 0 Å². The molecule has 0 saturated carbocycles. The van der Waals surface area contributed by atoms with Gasteiger partial charge in [-0.05, 0) is 55.4 Å². The second kappa shape index (κ2) is 12.0. The molecular weight excluding hydrogens is 426 g/mol. The minimum atomic E-state index is 0.0309. The summed E-state index contributed by atoms with van der Waals surface area (Å²) in [5.41, 5.74) is 2.11. The van der Waals surface area contributed by atoms with Gasteiger partial charge in [0, 0.05) is 63.7 Å². The van der Waals surface area contributed by atoms with Crippen LogP contribution in [0.25, 0.3) is 0 Å². The van der Waals surface area contributed by atoms with Crippen LogP contribution in [0.4, 0.5) is 11.4 Å². The second-order valence-corrected chi connectivity index (χ2v) is 10.8. The van der Waals surface area contributed by atoms with Gasteiger partial charge in [-0.2, -0.15) is 0 Å². The van der Waals surface area contributed by atoms with Gasteiger partial charge in [-0.25, -0.2) is 0 Å². The molecule has 7 heteroatoms. The van der Waals surface area contributed by atoms with Crippen molar-refractivity contribution in [3.63, 3.8) is 0 Å². The molecule has 34 heavy (non-hydrogen) atoms. The van der Waals surface area contributed by atoms with E-state index in [1.807, 2.05) is 12.1 Å². The van der Waals surface area contributed by atoms with Crippen LogP contribution >= 0.6 is 0 Å². The number of hydrogen-bond donors (Lipinski definition) is 1. The average Bonchev–Trinajstić information content (AvgIpc) is 3.10. The fourth-order valence-electron chi connectivity index (χ4n) is 5.75. The van der Waals surface area contributed by atoms with Gasteiger partial charge in [0.1, 0.15) is 0 Å². The van der Waals surface area contributed by atoms with Crippen molar-refractivity contribution in [3.05, 3.63) is 24.3 Å². The van der Waals surface area contributed by atoms with Gasteiger partial charge in [0.15, 0.2) is 0 Å². The highest BCUT2D eigenvalue weighted by atomic mass is 16.2. The molecule has 2 amide bonds. The van der Waals surface area contributed by atoms with E-state index < -0.39 is 0 Å². The Bertz CT molecular complexity index is 788. The van der Waals surface area contributed by atoms with Crippen LogP contribution in [0.2, 0.25) is 0 Å². The molecule has 1 N–H and O–H groups in total. The molecule has 1 aromatic rings. The summed E-state index contributed by atoms with van der Waals surface area (Å²) in [6, 6.07) is 8.29. The highest BCUT2D eigenvalue weighted by molar-refractivity contribution is 5.92. The molecule has 0 spiro atoms. The quantitative estimate of drug-likeness (QED) is 0.694. The Balaban J connectivity index is 1.17. The number of benzene rings is 1. The summed E-state index contributed by atoms with van der Waals surface area (Å²) in [6.45, 7) is 12.7. The fraction of sp³-hybridized carbons (Fsp3) is 0.704. The fourth-order valence-corrected chi connectivity index (χ4v) is 5.75. The number of piperazine rings is 1. The van der Waals surface area contributed by atoms with Crippen molar-refractivity contribution < 1.29 is 9.59 Å². The molecule has 1 aromatic carbocycles. The number of nitrogens with one attached hydrogen (secondary N) is 1. The van der Waals surface area contributed by atoms with Crippen molar-refractivity contribution >= 4 is 23.2 Å². The first-order valence-corrected chi connectivity index (χ1v) is 13.3. The van der Waals surface area contributed by atoms with E-state index in [0.717, 1.165) is 58.0 Å². The van der Waals surface area contributed by atoms with Gasteiger partial charge in [-0.15, -0.1) is 0 Å². The van der Waals surface area contributed by atoms with Crippen molar-refractivity contribution in [3.8, 4) is 0 Å². The van der Waals surface area contributed by atoms with Crippen molar-refractivity contribution in [1.29, 1.82) is 0 Å². The number of amides is 2. The van der Waals surface area contributed by atoms with E-state index in [9.17, 15) is 9.59 Å². The van der Waals surface area contributed by atoms with E-state index in [4.69, 9.17) is 0 Å². The van der Waals surface area contributed by atoms with E-state index in [1.165, 1.54) is 37.8 Å². The summed E-state index contributed by atoms with van der Waals surface area (Å²) in [7, 11) is 0. The summed E-state index contributed by atoms with van der Waals surface area (Å²) in [5, 5.41) is 3.05. The van der Waals surface area contributed by atoms with Crippen molar-refractivity contribution in [2.24, 2.45) is 11.8 Å². The van der Waals surface area contributed by atoms with Crippen LogP contribution in [0.15, 0.2) is 24.3 Å². The zero-order chi connectivity index (χ0) is 23.9. The molecule has 0 aliphatic carbocycles. The Morgan fingerprint density at radius 3 is 1.94 bits per heavy atom. The normalized spacial score (nSPS) is 25.1. The van der Waals surface area contributed by atoms with Gasteiger partial charge in [0.2, 0.25) is 11.8 Å². The first kappa shape index (κ1) is 25.0. The number of carbonyl (C=O) groups excluding carboxylic acids is 2. The molecule has 2 atom stereocenters. The van der Waals surface area contributed by atoms with Gasteiger partial charge >= 0.3 is 0 Å². The zero-order valence-corrected chi connectivity index (χ0v) is 21.2. The molecular formula is C27H43N5O2. The number of hydrogen-bond acceptors (Lipinski definition) is 5. The predicted molar refractivity (Wildman–Crippen MR) is 138 cm³/mol. The third kappa shape index (κ3) is 7.19. The lowest BCUT2D eigenvalue weighted by Crippen LogP contribution is -2.52. The lowest BCUT2D eigenvalue weighted by atomic mass is 9.92. The minimum absolute atomic E-state index is 0.0309. The molecule has 7 nitrogen and oxygen atoms in total. The minimum Gasteiger partial charge on any atom is -0.372 e. The molecule has 3 aliphatic heterocycles. The predicted octanol–water partition coefficient (Wildman–Crippen LogP) is 3.13. The summed E-state index contributed by atoms with van der Waals surface area (Å²) in [4.78, 5) is 34.3. The monoisotopic (exact) mass is 469 g/mol. The Labute approximate surface area is 205 Å².